The van der Waals surface area contributed by atoms with Gasteiger partial charge in [0.25, 0.3) is 5.95 Å². The fourth-order valence-corrected chi connectivity index (χ4v) is 2.79. The summed E-state index contributed by atoms with van der Waals surface area (Å²) in [6, 6.07) is 3.42. The molecule has 0 bridgehead atoms. The predicted octanol–water partition coefficient (Wildman–Crippen LogP) is 7.84. The second-order valence-electron chi connectivity index (χ2n) is 6.95. The van der Waals surface area contributed by atoms with Crippen LogP contribution in [0.4, 0.5) is 0 Å². The van der Waals surface area contributed by atoms with Gasteiger partial charge in [-0.15, -0.1) is 0 Å². The van der Waals surface area contributed by atoms with E-state index in [2.05, 4.69) is 43.4 Å². The molecule has 0 atom stereocenters. The highest BCUT2D eigenvalue weighted by Crippen LogP contribution is 2.18. The predicted molar refractivity (Wildman–Crippen MR) is 118 cm³/mol. The van der Waals surface area contributed by atoms with Crippen LogP contribution < -0.4 is 4.74 Å². The lowest BCUT2D eigenvalue weighted by molar-refractivity contribution is 0.0952. The van der Waals surface area contributed by atoms with E-state index in [4.69, 9.17) is 9.15 Å². The number of carbonyl (C=O) groups excluding carboxylic acids is 1. The van der Waals surface area contributed by atoms with Gasteiger partial charge in [-0.3, -0.25) is 4.79 Å². The largest absolute Gasteiger partial charge is 0.465 e. The first-order chi connectivity index (χ1) is 13.8. The summed E-state index contributed by atoms with van der Waals surface area (Å²) in [6.45, 7) is 4.64. The molecule has 3 heteroatoms. The SMILES string of the molecule is CC/C=C/C/C=C/C/C=C/CCCCCCCCOc1ccc(C(=O)CC)o1. The molecule has 0 amide bonds. The molecule has 0 saturated heterocycles. The van der Waals surface area contributed by atoms with Crippen molar-refractivity contribution < 1.29 is 13.9 Å². The zero-order valence-corrected chi connectivity index (χ0v) is 17.8. The van der Waals surface area contributed by atoms with Gasteiger partial charge in [0.05, 0.1) is 6.61 Å². The van der Waals surface area contributed by atoms with Gasteiger partial charge >= 0.3 is 0 Å². The Kier molecular flexibility index (Phi) is 14.7. The number of Topliss-reactive ketones (excluding diaryl/α,β-unsaturated/α-hetero) is 1. The molecule has 156 valence electrons. The van der Waals surface area contributed by atoms with Crippen LogP contribution in [0.25, 0.3) is 0 Å². The van der Waals surface area contributed by atoms with E-state index in [-0.39, 0.29) is 5.78 Å². The molecule has 0 saturated carbocycles. The van der Waals surface area contributed by atoms with Gasteiger partial charge in [0.2, 0.25) is 0 Å². The van der Waals surface area contributed by atoms with E-state index in [1.54, 1.807) is 12.1 Å². The van der Waals surface area contributed by atoms with E-state index in [1.165, 1.54) is 38.5 Å². The van der Waals surface area contributed by atoms with Gasteiger partial charge in [-0.2, -0.15) is 0 Å². The zero-order chi connectivity index (χ0) is 20.3. The first-order valence-corrected chi connectivity index (χ1v) is 11.0. The summed E-state index contributed by atoms with van der Waals surface area (Å²) in [5.74, 6) is 0.864. The quantitative estimate of drug-likeness (QED) is 0.155. The van der Waals surface area contributed by atoms with Crippen molar-refractivity contribution in [3.63, 3.8) is 0 Å². The highest BCUT2D eigenvalue weighted by molar-refractivity contribution is 5.93. The Morgan fingerprint density at radius 3 is 2.21 bits per heavy atom. The van der Waals surface area contributed by atoms with E-state index in [9.17, 15) is 4.79 Å². The molecular weight excluding hydrogens is 348 g/mol. The lowest BCUT2D eigenvalue weighted by Gasteiger charge is -2.03. The summed E-state index contributed by atoms with van der Waals surface area (Å²) in [5, 5.41) is 0. The molecule has 0 aliphatic heterocycles. The maximum absolute atomic E-state index is 11.5. The highest BCUT2D eigenvalue weighted by atomic mass is 16.6. The third-order valence-electron chi connectivity index (χ3n) is 4.47. The molecule has 3 nitrogen and oxygen atoms in total. The van der Waals surface area contributed by atoms with E-state index >= 15 is 0 Å². The number of ketones is 1. The normalized spacial score (nSPS) is 11.9. The summed E-state index contributed by atoms with van der Waals surface area (Å²) < 4.78 is 10.9. The van der Waals surface area contributed by atoms with Gasteiger partial charge in [-0.25, -0.2) is 0 Å². The molecule has 0 N–H and O–H groups in total. The summed E-state index contributed by atoms with van der Waals surface area (Å²) in [7, 11) is 0. The van der Waals surface area contributed by atoms with Crippen molar-refractivity contribution in [2.75, 3.05) is 6.61 Å². The second kappa shape index (κ2) is 17.1. The average Bonchev–Trinajstić information content (AvgIpc) is 3.18. The Balaban J connectivity index is 1.89. The van der Waals surface area contributed by atoms with Gasteiger partial charge in [-0.1, -0.05) is 76.0 Å². The molecule has 0 aromatic carbocycles. The van der Waals surface area contributed by atoms with Crippen molar-refractivity contribution in [3.8, 4) is 5.95 Å². The number of hydrogen-bond donors (Lipinski definition) is 0. The summed E-state index contributed by atoms with van der Waals surface area (Å²) in [4.78, 5) is 11.5. The van der Waals surface area contributed by atoms with Gasteiger partial charge < -0.3 is 9.15 Å². The molecule has 28 heavy (non-hydrogen) atoms. The third-order valence-corrected chi connectivity index (χ3v) is 4.47. The molecule has 1 rings (SSSR count). The second-order valence-corrected chi connectivity index (χ2v) is 6.95. The summed E-state index contributed by atoms with van der Waals surface area (Å²) in [5.41, 5.74) is 0. The third kappa shape index (κ3) is 12.4. The number of hydrogen-bond acceptors (Lipinski definition) is 3. The number of furan rings is 1. The van der Waals surface area contributed by atoms with Crippen LogP contribution in [0.2, 0.25) is 0 Å². The first kappa shape index (κ1) is 24.0. The van der Waals surface area contributed by atoms with Gasteiger partial charge in [0.1, 0.15) is 0 Å². The molecule has 0 radical (unpaired) electrons. The first-order valence-electron chi connectivity index (χ1n) is 11.0. The van der Waals surface area contributed by atoms with E-state index in [1.807, 2.05) is 6.92 Å². The fourth-order valence-electron chi connectivity index (χ4n) is 2.79. The monoisotopic (exact) mass is 386 g/mol. The topological polar surface area (TPSA) is 39.4 Å². The highest BCUT2D eigenvalue weighted by Gasteiger charge is 2.09. The Bertz CT molecular complexity index is 593. The zero-order valence-electron chi connectivity index (χ0n) is 17.8. The Morgan fingerprint density at radius 1 is 0.857 bits per heavy atom. The van der Waals surface area contributed by atoms with E-state index < -0.39 is 0 Å². The van der Waals surface area contributed by atoms with E-state index in [0.29, 0.717) is 24.7 Å². The van der Waals surface area contributed by atoms with Crippen LogP contribution in [0.3, 0.4) is 0 Å². The number of rotatable bonds is 17. The molecule has 1 aromatic heterocycles. The minimum atomic E-state index is 0.0148. The smallest absolute Gasteiger partial charge is 0.284 e. The van der Waals surface area contributed by atoms with Crippen LogP contribution in [0.1, 0.15) is 95.0 Å². The number of allylic oxidation sites excluding steroid dienone is 6. The summed E-state index contributed by atoms with van der Waals surface area (Å²) in [6.07, 6.45) is 25.6. The van der Waals surface area contributed by atoms with Crippen molar-refractivity contribution >= 4 is 5.78 Å². The van der Waals surface area contributed by atoms with Crippen LogP contribution >= 0.6 is 0 Å². The number of ether oxygens (including phenoxy) is 1. The maximum atomic E-state index is 11.5. The van der Waals surface area contributed by atoms with Crippen LogP contribution in [0.15, 0.2) is 53.0 Å². The molecular formula is C25H38O3. The Labute approximate surface area is 171 Å². The Hall–Kier alpha value is -2.03. The Morgan fingerprint density at radius 2 is 1.50 bits per heavy atom. The van der Waals surface area contributed by atoms with Crippen LogP contribution in [0.5, 0.6) is 5.95 Å². The lowest BCUT2D eigenvalue weighted by atomic mass is 10.1. The van der Waals surface area contributed by atoms with Crippen LogP contribution in [-0.4, -0.2) is 12.4 Å². The minimum absolute atomic E-state index is 0.0148. The molecule has 1 heterocycles. The lowest BCUT2D eigenvalue weighted by Crippen LogP contribution is -1.97. The molecule has 1 aromatic rings. The minimum Gasteiger partial charge on any atom is -0.465 e. The number of unbranched alkanes of at least 4 members (excludes halogenated alkanes) is 6. The van der Waals surface area contributed by atoms with Gasteiger partial charge in [-0.05, 0) is 44.6 Å². The van der Waals surface area contributed by atoms with Crippen molar-refractivity contribution in [3.05, 3.63) is 54.3 Å². The standard InChI is InChI=1S/C25H38O3/c1-3-5-6-7-8-9-10-11-12-13-14-15-16-17-18-19-22-27-25-21-20-24(28-25)23(26)4-2/h5-6,8-9,11-12,20-21H,3-4,7,10,13-19,22H2,1-2H3/b6-5+,9-8+,12-11+. The maximum Gasteiger partial charge on any atom is 0.284 e. The molecule has 0 fully saturated rings. The summed E-state index contributed by atoms with van der Waals surface area (Å²) >= 11 is 0. The van der Waals surface area contributed by atoms with Crippen molar-refractivity contribution in [1.82, 2.24) is 0 Å². The van der Waals surface area contributed by atoms with Crippen molar-refractivity contribution in [2.24, 2.45) is 0 Å². The molecule has 0 spiro atoms. The van der Waals surface area contributed by atoms with E-state index in [0.717, 1.165) is 25.7 Å². The van der Waals surface area contributed by atoms with Gasteiger partial charge in [0, 0.05) is 12.5 Å². The molecule has 0 unspecified atom stereocenters. The number of carbonyl (C=O) groups is 1. The van der Waals surface area contributed by atoms with Crippen LogP contribution in [0, 0.1) is 0 Å². The fraction of sp³-hybridized carbons (Fsp3) is 0.560. The molecule has 0 aliphatic rings. The molecule has 0 aliphatic carbocycles. The van der Waals surface area contributed by atoms with Crippen molar-refractivity contribution in [1.29, 1.82) is 0 Å². The average molecular weight is 387 g/mol. The van der Waals surface area contributed by atoms with Crippen molar-refractivity contribution in [2.45, 2.75) is 84.5 Å². The van der Waals surface area contributed by atoms with Gasteiger partial charge in [0.15, 0.2) is 11.5 Å². The van der Waals surface area contributed by atoms with Crippen LogP contribution in [-0.2, 0) is 0 Å².